The molecule has 0 aliphatic heterocycles. The van der Waals surface area contributed by atoms with Crippen molar-refractivity contribution in [2.45, 2.75) is 13.5 Å². The first-order chi connectivity index (χ1) is 8.09. The SMILES string of the molecule is Cc1c(N)cnc(N(C)Cc2cccs2)c1Br. The summed E-state index contributed by atoms with van der Waals surface area (Å²) in [5.74, 6) is 0.921. The highest BCUT2D eigenvalue weighted by Gasteiger charge is 2.12. The molecule has 0 aromatic carbocycles. The van der Waals surface area contributed by atoms with Crippen LogP contribution in [-0.2, 0) is 6.54 Å². The highest BCUT2D eigenvalue weighted by Crippen LogP contribution is 2.30. The maximum atomic E-state index is 5.82. The minimum atomic E-state index is 0.713. The Bertz CT molecular complexity index is 511. The average Bonchev–Trinajstić information content (AvgIpc) is 2.78. The van der Waals surface area contributed by atoms with Crippen LogP contribution in [-0.4, -0.2) is 12.0 Å². The van der Waals surface area contributed by atoms with Crippen molar-refractivity contribution in [3.63, 3.8) is 0 Å². The zero-order chi connectivity index (χ0) is 12.4. The fraction of sp³-hybridized carbons (Fsp3) is 0.250. The lowest BCUT2D eigenvalue weighted by molar-refractivity contribution is 0.906. The van der Waals surface area contributed by atoms with Crippen molar-refractivity contribution in [3.8, 4) is 0 Å². The highest BCUT2D eigenvalue weighted by molar-refractivity contribution is 9.10. The second kappa shape index (κ2) is 5.06. The molecule has 2 N–H and O–H groups in total. The first kappa shape index (κ1) is 12.4. The standard InChI is InChI=1S/C12H14BrN3S/c1-8-10(14)6-15-12(11(8)13)16(2)7-9-4-3-5-17-9/h3-6H,7,14H2,1-2H3. The Morgan fingerprint density at radius 3 is 2.94 bits per heavy atom. The third-order valence-electron chi connectivity index (χ3n) is 2.62. The van der Waals surface area contributed by atoms with E-state index in [1.807, 2.05) is 14.0 Å². The molecule has 0 atom stereocenters. The molecule has 0 bridgehead atoms. The summed E-state index contributed by atoms with van der Waals surface area (Å²) in [6.45, 7) is 2.84. The van der Waals surface area contributed by atoms with Crippen molar-refractivity contribution in [2.75, 3.05) is 17.7 Å². The molecular weight excluding hydrogens is 298 g/mol. The lowest BCUT2D eigenvalue weighted by Gasteiger charge is -2.20. The zero-order valence-corrected chi connectivity index (χ0v) is 12.2. The fourth-order valence-corrected chi connectivity index (χ4v) is 2.95. The first-order valence-electron chi connectivity index (χ1n) is 5.23. The second-order valence-corrected chi connectivity index (χ2v) is 5.74. The summed E-state index contributed by atoms with van der Waals surface area (Å²) in [7, 11) is 2.03. The smallest absolute Gasteiger partial charge is 0.143 e. The van der Waals surface area contributed by atoms with E-state index in [9.17, 15) is 0 Å². The number of nitrogen functional groups attached to an aromatic ring is 1. The van der Waals surface area contributed by atoms with Gasteiger partial charge in [0.05, 0.1) is 22.9 Å². The molecule has 2 heterocycles. The Labute approximate surface area is 113 Å². The number of hydrogen-bond donors (Lipinski definition) is 1. The molecule has 2 aromatic rings. The highest BCUT2D eigenvalue weighted by atomic mass is 79.9. The van der Waals surface area contributed by atoms with Gasteiger partial charge in [-0.05, 0) is 39.9 Å². The van der Waals surface area contributed by atoms with Gasteiger partial charge in [-0.15, -0.1) is 11.3 Å². The maximum Gasteiger partial charge on any atom is 0.143 e. The van der Waals surface area contributed by atoms with Crippen LogP contribution < -0.4 is 10.6 Å². The lowest BCUT2D eigenvalue weighted by Crippen LogP contribution is -2.18. The Kier molecular flexibility index (Phi) is 3.69. The van der Waals surface area contributed by atoms with Gasteiger partial charge in [0.25, 0.3) is 0 Å². The third-order valence-corrected chi connectivity index (χ3v) is 4.43. The van der Waals surface area contributed by atoms with Crippen molar-refractivity contribution in [3.05, 3.63) is 38.6 Å². The van der Waals surface area contributed by atoms with Crippen LogP contribution in [0.4, 0.5) is 11.5 Å². The van der Waals surface area contributed by atoms with Gasteiger partial charge >= 0.3 is 0 Å². The molecule has 2 aromatic heterocycles. The topological polar surface area (TPSA) is 42.1 Å². The number of nitrogens with two attached hydrogens (primary N) is 1. The van der Waals surface area contributed by atoms with Gasteiger partial charge in [-0.2, -0.15) is 0 Å². The number of anilines is 2. The normalized spacial score (nSPS) is 10.5. The summed E-state index contributed by atoms with van der Waals surface area (Å²) in [6.07, 6.45) is 1.71. The minimum absolute atomic E-state index is 0.713. The van der Waals surface area contributed by atoms with Crippen molar-refractivity contribution in [1.29, 1.82) is 0 Å². The molecule has 0 saturated heterocycles. The Balaban J connectivity index is 2.25. The van der Waals surface area contributed by atoms with Crippen molar-refractivity contribution in [1.82, 2.24) is 4.98 Å². The van der Waals surface area contributed by atoms with Crippen LogP contribution in [0.1, 0.15) is 10.4 Å². The van der Waals surface area contributed by atoms with Gasteiger partial charge in [0, 0.05) is 11.9 Å². The summed E-state index contributed by atoms with van der Waals surface area (Å²) in [5.41, 5.74) is 7.57. The molecule has 5 heteroatoms. The molecule has 0 aliphatic rings. The molecule has 3 nitrogen and oxygen atoms in total. The number of rotatable bonds is 3. The quantitative estimate of drug-likeness (QED) is 0.944. The van der Waals surface area contributed by atoms with E-state index in [0.29, 0.717) is 5.69 Å². The average molecular weight is 312 g/mol. The maximum absolute atomic E-state index is 5.82. The van der Waals surface area contributed by atoms with Gasteiger partial charge in [0.2, 0.25) is 0 Å². The Hall–Kier alpha value is -1.07. The van der Waals surface area contributed by atoms with Gasteiger partial charge in [0.1, 0.15) is 5.82 Å². The second-order valence-electron chi connectivity index (χ2n) is 3.91. The minimum Gasteiger partial charge on any atom is -0.397 e. The predicted molar refractivity (Wildman–Crippen MR) is 77.5 cm³/mol. The summed E-state index contributed by atoms with van der Waals surface area (Å²) < 4.78 is 0.969. The van der Waals surface area contributed by atoms with Gasteiger partial charge in [-0.3, -0.25) is 0 Å². The summed E-state index contributed by atoms with van der Waals surface area (Å²) in [4.78, 5) is 7.81. The van der Waals surface area contributed by atoms with Gasteiger partial charge in [-0.25, -0.2) is 4.98 Å². The first-order valence-corrected chi connectivity index (χ1v) is 6.91. The number of pyridine rings is 1. The largest absolute Gasteiger partial charge is 0.397 e. The van der Waals surface area contributed by atoms with Crippen molar-refractivity contribution >= 4 is 38.8 Å². The van der Waals surface area contributed by atoms with E-state index in [1.165, 1.54) is 4.88 Å². The van der Waals surface area contributed by atoms with Crippen molar-refractivity contribution in [2.24, 2.45) is 0 Å². The monoisotopic (exact) mass is 311 g/mol. The number of halogens is 1. The molecular formula is C12H14BrN3S. The molecule has 0 aliphatic carbocycles. The molecule has 0 amide bonds. The van der Waals surface area contributed by atoms with Gasteiger partial charge in [-0.1, -0.05) is 6.07 Å². The van der Waals surface area contributed by atoms with E-state index in [-0.39, 0.29) is 0 Å². The van der Waals surface area contributed by atoms with Crippen LogP contribution >= 0.6 is 27.3 Å². The lowest BCUT2D eigenvalue weighted by atomic mass is 10.2. The Morgan fingerprint density at radius 2 is 2.29 bits per heavy atom. The van der Waals surface area contributed by atoms with Crippen molar-refractivity contribution < 1.29 is 0 Å². The number of aromatic nitrogens is 1. The molecule has 0 radical (unpaired) electrons. The fourth-order valence-electron chi connectivity index (χ4n) is 1.56. The molecule has 0 fully saturated rings. The van der Waals surface area contributed by atoms with Gasteiger partial charge < -0.3 is 10.6 Å². The van der Waals surface area contributed by atoms with E-state index >= 15 is 0 Å². The third kappa shape index (κ3) is 2.61. The van der Waals surface area contributed by atoms with Crippen LogP contribution in [0.2, 0.25) is 0 Å². The van der Waals surface area contributed by atoms with E-state index in [0.717, 1.165) is 22.4 Å². The van der Waals surface area contributed by atoms with Crippen LogP contribution in [0.15, 0.2) is 28.2 Å². The summed E-state index contributed by atoms with van der Waals surface area (Å²) in [6, 6.07) is 4.18. The van der Waals surface area contributed by atoms with E-state index in [1.54, 1.807) is 17.5 Å². The molecule has 0 saturated carbocycles. The number of nitrogens with zero attached hydrogens (tertiary/aromatic N) is 2. The summed E-state index contributed by atoms with van der Waals surface area (Å²) in [5, 5.41) is 2.08. The number of thiophene rings is 1. The van der Waals surface area contributed by atoms with Crippen LogP contribution in [0, 0.1) is 6.92 Å². The molecule has 17 heavy (non-hydrogen) atoms. The zero-order valence-electron chi connectivity index (χ0n) is 9.77. The van der Waals surface area contributed by atoms with E-state index < -0.39 is 0 Å². The van der Waals surface area contributed by atoms with E-state index in [4.69, 9.17) is 5.73 Å². The molecule has 2 rings (SSSR count). The van der Waals surface area contributed by atoms with Crippen LogP contribution in [0.25, 0.3) is 0 Å². The van der Waals surface area contributed by atoms with E-state index in [2.05, 4.69) is 43.3 Å². The predicted octanol–water partition coefficient (Wildman–Crippen LogP) is 3.43. The number of hydrogen-bond acceptors (Lipinski definition) is 4. The van der Waals surface area contributed by atoms with Crippen LogP contribution in [0.3, 0.4) is 0 Å². The van der Waals surface area contributed by atoms with Crippen LogP contribution in [0.5, 0.6) is 0 Å². The molecule has 0 unspecified atom stereocenters. The molecule has 90 valence electrons. The van der Waals surface area contributed by atoms with Gasteiger partial charge in [0.15, 0.2) is 0 Å². The summed E-state index contributed by atoms with van der Waals surface area (Å²) >= 11 is 5.30. The molecule has 0 spiro atoms. The Morgan fingerprint density at radius 1 is 1.53 bits per heavy atom.